The van der Waals surface area contributed by atoms with Crippen LogP contribution in [0.1, 0.15) is 5.56 Å². The van der Waals surface area contributed by atoms with E-state index in [0.717, 1.165) is 16.5 Å². The van der Waals surface area contributed by atoms with E-state index in [-0.39, 0.29) is 35.3 Å². The summed E-state index contributed by atoms with van der Waals surface area (Å²) in [6.45, 7) is -0.217. The molecule has 3 amide bonds. The number of hydrogen-bond donors (Lipinski definition) is 4. The van der Waals surface area contributed by atoms with Crippen molar-refractivity contribution in [1.29, 1.82) is 5.26 Å². The number of anilines is 1. The number of nitriles is 1. The van der Waals surface area contributed by atoms with Gasteiger partial charge in [0.1, 0.15) is 12.6 Å². The Morgan fingerprint density at radius 1 is 1.12 bits per heavy atom. The van der Waals surface area contributed by atoms with Gasteiger partial charge < -0.3 is 20.9 Å². The molecule has 3 rings (SSSR count). The van der Waals surface area contributed by atoms with Crippen LogP contribution in [0.5, 0.6) is 0 Å². The number of urea groups is 1. The first-order valence-electron chi connectivity index (χ1n) is 9.38. The van der Waals surface area contributed by atoms with Crippen molar-refractivity contribution >= 4 is 40.3 Å². The zero-order valence-electron chi connectivity index (χ0n) is 16.5. The standard InChI is InChI=1S/C21H18F3N5O2S/c22-21(23,24)32-15-7-5-14(6-8-15)28-20(31)29-18(19(30)26-10-9-25)11-13-12-27-17-4-2-1-3-16(13)17/h1-8,12,18,27H,10-11H2,(H,26,30)(H2,28,29,31). The Morgan fingerprint density at radius 2 is 1.84 bits per heavy atom. The number of H-pyrrole nitrogens is 1. The summed E-state index contributed by atoms with van der Waals surface area (Å²) in [4.78, 5) is 28.0. The summed E-state index contributed by atoms with van der Waals surface area (Å²) >= 11 is -0.257. The highest BCUT2D eigenvalue weighted by atomic mass is 32.2. The van der Waals surface area contributed by atoms with Gasteiger partial charge >= 0.3 is 11.5 Å². The molecule has 0 aliphatic rings. The fraction of sp³-hybridized carbons (Fsp3) is 0.190. The van der Waals surface area contributed by atoms with Crippen LogP contribution in [-0.2, 0) is 11.2 Å². The fourth-order valence-corrected chi connectivity index (χ4v) is 3.58. The minimum Gasteiger partial charge on any atom is -0.361 e. The van der Waals surface area contributed by atoms with Crippen LogP contribution in [0.3, 0.4) is 0 Å². The van der Waals surface area contributed by atoms with Gasteiger partial charge in [-0.15, -0.1) is 0 Å². The summed E-state index contributed by atoms with van der Waals surface area (Å²) < 4.78 is 37.3. The maximum atomic E-state index is 12.5. The molecule has 0 saturated heterocycles. The largest absolute Gasteiger partial charge is 0.446 e. The Hall–Kier alpha value is -3.65. The Morgan fingerprint density at radius 3 is 2.53 bits per heavy atom. The molecule has 0 aliphatic carbocycles. The van der Waals surface area contributed by atoms with Gasteiger partial charge in [0, 0.05) is 34.1 Å². The lowest BCUT2D eigenvalue weighted by molar-refractivity contribution is -0.122. The van der Waals surface area contributed by atoms with Gasteiger partial charge in [0.25, 0.3) is 0 Å². The molecule has 166 valence electrons. The minimum atomic E-state index is -4.40. The van der Waals surface area contributed by atoms with Crippen molar-refractivity contribution in [3.63, 3.8) is 0 Å². The molecule has 0 aliphatic heterocycles. The van der Waals surface area contributed by atoms with Crippen LogP contribution in [0.2, 0.25) is 0 Å². The first kappa shape index (κ1) is 23.0. The molecule has 0 spiro atoms. The third-order valence-electron chi connectivity index (χ3n) is 4.41. The molecular weight excluding hydrogens is 443 g/mol. The molecule has 0 bridgehead atoms. The van der Waals surface area contributed by atoms with E-state index in [1.54, 1.807) is 6.20 Å². The van der Waals surface area contributed by atoms with Crippen LogP contribution in [0.4, 0.5) is 23.7 Å². The zero-order valence-corrected chi connectivity index (χ0v) is 17.3. The van der Waals surface area contributed by atoms with E-state index < -0.39 is 23.5 Å². The number of benzene rings is 2. The van der Waals surface area contributed by atoms with Gasteiger partial charge in [-0.1, -0.05) is 18.2 Å². The first-order chi connectivity index (χ1) is 15.2. The van der Waals surface area contributed by atoms with Crippen molar-refractivity contribution < 1.29 is 22.8 Å². The predicted molar refractivity (Wildman–Crippen MR) is 115 cm³/mol. The maximum Gasteiger partial charge on any atom is 0.446 e. The molecule has 0 fully saturated rings. The average molecular weight is 461 g/mol. The summed E-state index contributed by atoms with van der Waals surface area (Å²) in [5, 5.41) is 17.1. The fourth-order valence-electron chi connectivity index (χ4n) is 3.04. The molecule has 7 nitrogen and oxygen atoms in total. The summed E-state index contributed by atoms with van der Waals surface area (Å²) in [6, 6.07) is 12.7. The summed E-state index contributed by atoms with van der Waals surface area (Å²) in [6.07, 6.45) is 1.90. The Bertz CT molecular complexity index is 1140. The molecule has 0 radical (unpaired) electrons. The quantitative estimate of drug-likeness (QED) is 0.313. The number of aromatic amines is 1. The van der Waals surface area contributed by atoms with Crippen LogP contribution in [-0.4, -0.2) is 35.0 Å². The molecule has 1 heterocycles. The number of halogens is 3. The third-order valence-corrected chi connectivity index (χ3v) is 5.15. The maximum absolute atomic E-state index is 12.5. The molecule has 1 unspecified atom stereocenters. The first-order valence-corrected chi connectivity index (χ1v) is 10.2. The van der Waals surface area contributed by atoms with E-state index in [0.29, 0.717) is 0 Å². The lowest BCUT2D eigenvalue weighted by Crippen LogP contribution is -2.49. The lowest BCUT2D eigenvalue weighted by Gasteiger charge is -2.18. The highest BCUT2D eigenvalue weighted by Crippen LogP contribution is 2.37. The molecule has 4 N–H and O–H groups in total. The molecule has 11 heteroatoms. The van der Waals surface area contributed by atoms with Crippen molar-refractivity contribution in [2.75, 3.05) is 11.9 Å². The molecule has 3 aromatic rings. The molecule has 1 aromatic heterocycles. The number of carbonyl (C=O) groups is 2. The van der Waals surface area contributed by atoms with Crippen LogP contribution in [0.25, 0.3) is 10.9 Å². The van der Waals surface area contributed by atoms with Gasteiger partial charge in [-0.2, -0.15) is 18.4 Å². The highest BCUT2D eigenvalue weighted by Gasteiger charge is 2.29. The van der Waals surface area contributed by atoms with Crippen molar-refractivity contribution in [1.82, 2.24) is 15.6 Å². The summed E-state index contributed by atoms with van der Waals surface area (Å²) in [7, 11) is 0. The second kappa shape index (κ2) is 10.1. The van der Waals surface area contributed by atoms with Gasteiger partial charge in [0.15, 0.2) is 0 Å². The number of aromatic nitrogens is 1. The number of para-hydroxylation sites is 1. The highest BCUT2D eigenvalue weighted by molar-refractivity contribution is 8.00. The van der Waals surface area contributed by atoms with E-state index in [4.69, 9.17) is 5.26 Å². The number of carbonyl (C=O) groups excluding carboxylic acids is 2. The zero-order chi connectivity index (χ0) is 23.1. The van der Waals surface area contributed by atoms with Gasteiger partial charge in [-0.05, 0) is 47.7 Å². The van der Waals surface area contributed by atoms with Crippen molar-refractivity contribution in [3.8, 4) is 6.07 Å². The number of nitrogens with zero attached hydrogens (tertiary/aromatic N) is 1. The van der Waals surface area contributed by atoms with Crippen LogP contribution < -0.4 is 16.0 Å². The van der Waals surface area contributed by atoms with E-state index in [9.17, 15) is 22.8 Å². The number of hydrogen-bond acceptors (Lipinski definition) is 4. The molecule has 32 heavy (non-hydrogen) atoms. The number of nitrogens with one attached hydrogen (secondary N) is 4. The molecule has 1 atom stereocenters. The lowest BCUT2D eigenvalue weighted by atomic mass is 10.0. The van der Waals surface area contributed by atoms with Gasteiger partial charge in [-0.3, -0.25) is 4.79 Å². The minimum absolute atomic E-state index is 0.0171. The van der Waals surface area contributed by atoms with Gasteiger partial charge in [0.05, 0.1) is 6.07 Å². The second-order valence-corrected chi connectivity index (χ2v) is 7.80. The number of alkyl halides is 3. The SMILES string of the molecule is N#CCNC(=O)C(Cc1c[nH]c2ccccc12)NC(=O)Nc1ccc(SC(F)(F)F)cc1. The van der Waals surface area contributed by atoms with Gasteiger partial charge in [-0.25, -0.2) is 4.79 Å². The van der Waals surface area contributed by atoms with E-state index >= 15 is 0 Å². The van der Waals surface area contributed by atoms with Crippen molar-refractivity contribution in [2.24, 2.45) is 0 Å². The number of amides is 3. The predicted octanol–water partition coefficient (Wildman–Crippen LogP) is 4.15. The topological polar surface area (TPSA) is 110 Å². The normalized spacial score (nSPS) is 12.1. The van der Waals surface area contributed by atoms with Crippen molar-refractivity contribution in [3.05, 3.63) is 60.3 Å². The van der Waals surface area contributed by atoms with Crippen molar-refractivity contribution in [2.45, 2.75) is 22.9 Å². The van der Waals surface area contributed by atoms with E-state index in [1.165, 1.54) is 24.3 Å². The van der Waals surface area contributed by atoms with E-state index in [2.05, 4.69) is 20.9 Å². The molecule has 2 aromatic carbocycles. The number of thioether (sulfide) groups is 1. The van der Waals surface area contributed by atoms with Crippen LogP contribution in [0.15, 0.2) is 59.6 Å². The van der Waals surface area contributed by atoms with E-state index in [1.807, 2.05) is 30.3 Å². The smallest absolute Gasteiger partial charge is 0.361 e. The number of rotatable bonds is 7. The average Bonchev–Trinajstić information content (AvgIpc) is 3.15. The second-order valence-electron chi connectivity index (χ2n) is 6.66. The van der Waals surface area contributed by atoms with Gasteiger partial charge in [0.2, 0.25) is 5.91 Å². The summed E-state index contributed by atoms with van der Waals surface area (Å²) in [5.41, 5.74) is -2.47. The Balaban J connectivity index is 1.69. The monoisotopic (exact) mass is 461 g/mol. The van der Waals surface area contributed by atoms with Crippen LogP contribution >= 0.6 is 11.8 Å². The third kappa shape index (κ3) is 6.42. The molecular formula is C21H18F3N5O2S. The Kier molecular flexibility index (Phi) is 7.27. The number of fused-ring (bicyclic) bond motifs is 1. The Labute approximate surface area is 185 Å². The molecule has 0 saturated carbocycles. The van der Waals surface area contributed by atoms with Crippen LogP contribution in [0, 0.1) is 11.3 Å². The summed E-state index contributed by atoms with van der Waals surface area (Å²) in [5.74, 6) is -0.538.